The second kappa shape index (κ2) is 4.82. The molecule has 1 aromatic heterocycles. The lowest BCUT2D eigenvalue weighted by molar-refractivity contribution is -0.122. The van der Waals surface area contributed by atoms with Crippen molar-refractivity contribution < 1.29 is 14.4 Å². The lowest BCUT2D eigenvalue weighted by atomic mass is 10.00. The van der Waals surface area contributed by atoms with Gasteiger partial charge in [-0.3, -0.25) is 9.59 Å². The molecule has 3 heterocycles. The topological polar surface area (TPSA) is 88.0 Å². The largest absolute Gasteiger partial charge is 0.389 e. The van der Waals surface area contributed by atoms with Crippen molar-refractivity contribution in [1.29, 1.82) is 0 Å². The van der Waals surface area contributed by atoms with Crippen LogP contribution in [0.4, 0.5) is 0 Å². The highest BCUT2D eigenvalue weighted by molar-refractivity contribution is 7.03. The fourth-order valence-electron chi connectivity index (χ4n) is 2.35. The van der Waals surface area contributed by atoms with E-state index in [1.807, 2.05) is 0 Å². The zero-order valence-corrected chi connectivity index (χ0v) is 11.8. The number of amides is 2. The summed E-state index contributed by atoms with van der Waals surface area (Å²) in [6.07, 6.45) is -0.246. The van der Waals surface area contributed by atoms with E-state index >= 15 is 0 Å². The summed E-state index contributed by atoms with van der Waals surface area (Å²) in [5.41, 5.74) is 0.708. The number of rotatable bonds is 2. The Balaban J connectivity index is 1.73. The van der Waals surface area contributed by atoms with Crippen molar-refractivity contribution in [3.63, 3.8) is 0 Å². The van der Waals surface area contributed by atoms with Crippen LogP contribution in [0.2, 0.25) is 0 Å². The van der Waals surface area contributed by atoms with E-state index < -0.39 is 0 Å². The molecule has 2 aliphatic rings. The molecule has 1 saturated heterocycles. The third-order valence-corrected chi connectivity index (χ3v) is 3.90. The fraction of sp³-hybridized carbons (Fsp3) is 0.545. The predicted octanol–water partition coefficient (Wildman–Crippen LogP) is -0.547. The molecule has 8 nitrogen and oxygen atoms in total. The number of fused-ring (bicyclic) bond motifs is 1. The number of nitrogens with zero attached hydrogens (tertiary/aromatic N) is 5. The second-order valence-corrected chi connectivity index (χ2v) is 5.54. The number of hydrogen-bond acceptors (Lipinski definition) is 7. The van der Waals surface area contributed by atoms with Gasteiger partial charge in [-0.25, -0.2) is 0 Å². The molecule has 0 radical (unpaired) electrons. The number of carbonyl (C=O) groups excluding carboxylic acids is 2. The molecule has 0 bridgehead atoms. The number of oxime groups is 1. The third kappa shape index (κ3) is 2.03. The lowest BCUT2D eigenvalue weighted by Crippen LogP contribution is -2.36. The Labute approximate surface area is 119 Å². The fourth-order valence-corrected chi connectivity index (χ4v) is 2.78. The van der Waals surface area contributed by atoms with Crippen LogP contribution in [0.5, 0.6) is 0 Å². The third-order valence-electron chi connectivity index (χ3n) is 3.40. The highest BCUT2D eigenvalue weighted by Gasteiger charge is 2.46. The van der Waals surface area contributed by atoms with Gasteiger partial charge in [0.05, 0.1) is 12.5 Å². The molecule has 0 spiro atoms. The van der Waals surface area contributed by atoms with Gasteiger partial charge in [-0.05, 0) is 11.5 Å². The molecular formula is C11H13N5O3S. The van der Waals surface area contributed by atoms with Crippen LogP contribution in [0.1, 0.15) is 10.5 Å². The van der Waals surface area contributed by atoms with Crippen LogP contribution < -0.4 is 0 Å². The summed E-state index contributed by atoms with van der Waals surface area (Å²) in [5.74, 6) is -0.532. The smallest absolute Gasteiger partial charge is 0.275 e. The molecule has 2 aliphatic heterocycles. The first-order chi connectivity index (χ1) is 9.58. The molecule has 1 aromatic rings. The molecule has 0 saturated carbocycles. The van der Waals surface area contributed by atoms with Crippen LogP contribution in [0, 0.1) is 5.92 Å². The summed E-state index contributed by atoms with van der Waals surface area (Å²) in [4.78, 5) is 32.5. The molecule has 2 amide bonds. The normalized spacial score (nSPS) is 24.1. The Morgan fingerprint density at radius 1 is 1.45 bits per heavy atom. The molecular weight excluding hydrogens is 282 g/mol. The average Bonchev–Trinajstić information content (AvgIpc) is 3.12. The molecule has 3 rings (SSSR count). The second-order valence-electron chi connectivity index (χ2n) is 4.93. The maximum Gasteiger partial charge on any atom is 0.275 e. The summed E-state index contributed by atoms with van der Waals surface area (Å²) in [6, 6.07) is 0. The first kappa shape index (κ1) is 13.0. The molecule has 0 N–H and O–H groups in total. The van der Waals surface area contributed by atoms with Crippen molar-refractivity contribution in [2.24, 2.45) is 11.1 Å². The van der Waals surface area contributed by atoms with Gasteiger partial charge in [0.1, 0.15) is 0 Å². The van der Waals surface area contributed by atoms with Gasteiger partial charge in [0, 0.05) is 26.0 Å². The van der Waals surface area contributed by atoms with Crippen LogP contribution in [-0.4, -0.2) is 70.2 Å². The van der Waals surface area contributed by atoms with E-state index in [-0.39, 0.29) is 23.8 Å². The molecule has 0 aliphatic carbocycles. The van der Waals surface area contributed by atoms with Crippen LogP contribution in [0.15, 0.2) is 10.5 Å². The summed E-state index contributed by atoms with van der Waals surface area (Å²) >= 11 is 1.13. The van der Waals surface area contributed by atoms with Gasteiger partial charge in [-0.1, -0.05) is 9.64 Å². The Morgan fingerprint density at radius 2 is 2.25 bits per heavy atom. The summed E-state index contributed by atoms with van der Waals surface area (Å²) < 4.78 is 3.68. The van der Waals surface area contributed by atoms with E-state index in [1.54, 1.807) is 24.4 Å². The zero-order chi connectivity index (χ0) is 14.3. The summed E-state index contributed by atoms with van der Waals surface area (Å²) in [7, 11) is 3.33. The number of carbonyl (C=O) groups is 2. The minimum atomic E-state index is -0.246. The van der Waals surface area contributed by atoms with Gasteiger partial charge >= 0.3 is 0 Å². The van der Waals surface area contributed by atoms with Gasteiger partial charge in [0.2, 0.25) is 0 Å². The van der Waals surface area contributed by atoms with E-state index in [0.717, 1.165) is 11.5 Å². The van der Waals surface area contributed by atoms with E-state index in [4.69, 9.17) is 4.84 Å². The SMILES string of the molecule is CN(C)C(=O)C1=NO[C@@H]2CN(C(=O)c3csnn3)C[C@H]12. The van der Waals surface area contributed by atoms with Crippen LogP contribution in [-0.2, 0) is 9.63 Å². The Kier molecular flexibility index (Phi) is 3.13. The van der Waals surface area contributed by atoms with E-state index in [1.165, 1.54) is 4.90 Å². The Hall–Kier alpha value is -2.03. The molecule has 9 heteroatoms. The number of hydrogen-bond donors (Lipinski definition) is 0. The van der Waals surface area contributed by atoms with Crippen LogP contribution in [0.3, 0.4) is 0 Å². The Morgan fingerprint density at radius 3 is 2.90 bits per heavy atom. The summed E-state index contributed by atoms with van der Waals surface area (Å²) in [5, 5.41) is 9.24. The van der Waals surface area contributed by atoms with E-state index in [2.05, 4.69) is 14.7 Å². The Bertz CT molecular complexity index is 571. The quantitative estimate of drug-likeness (QED) is 0.730. The molecule has 106 valence electrons. The molecule has 0 unspecified atom stereocenters. The average molecular weight is 295 g/mol. The van der Waals surface area contributed by atoms with Crippen molar-refractivity contribution >= 4 is 29.1 Å². The first-order valence-electron chi connectivity index (χ1n) is 6.09. The standard InChI is InChI=1S/C11H13N5O3S/c1-15(2)11(18)9-6-3-16(4-8(6)19-13-9)10(17)7-5-20-14-12-7/h5-6,8H,3-4H2,1-2H3/t6-,8+/m0/s1. The molecule has 0 aromatic carbocycles. The lowest BCUT2D eigenvalue weighted by Gasteiger charge is -2.15. The molecule has 1 fully saturated rings. The van der Waals surface area contributed by atoms with Crippen LogP contribution >= 0.6 is 11.5 Å². The van der Waals surface area contributed by atoms with Crippen molar-refractivity contribution in [3.8, 4) is 0 Å². The minimum Gasteiger partial charge on any atom is -0.389 e. The van der Waals surface area contributed by atoms with Gasteiger partial charge in [-0.15, -0.1) is 5.10 Å². The van der Waals surface area contributed by atoms with Gasteiger partial charge < -0.3 is 14.6 Å². The highest BCUT2D eigenvalue weighted by atomic mass is 32.1. The first-order valence-corrected chi connectivity index (χ1v) is 6.93. The van der Waals surface area contributed by atoms with Gasteiger partial charge in [-0.2, -0.15) is 0 Å². The predicted molar refractivity (Wildman–Crippen MR) is 70.3 cm³/mol. The number of likely N-dealkylation sites (tertiary alicyclic amines) is 1. The van der Waals surface area contributed by atoms with Crippen molar-refractivity contribution in [1.82, 2.24) is 19.4 Å². The molecule has 20 heavy (non-hydrogen) atoms. The monoisotopic (exact) mass is 295 g/mol. The summed E-state index contributed by atoms with van der Waals surface area (Å²) in [6.45, 7) is 0.828. The van der Waals surface area contributed by atoms with Crippen LogP contribution in [0.25, 0.3) is 0 Å². The maximum atomic E-state index is 12.2. The van der Waals surface area contributed by atoms with Crippen molar-refractivity contribution in [3.05, 3.63) is 11.1 Å². The van der Waals surface area contributed by atoms with Crippen molar-refractivity contribution in [2.45, 2.75) is 6.10 Å². The van der Waals surface area contributed by atoms with E-state index in [9.17, 15) is 9.59 Å². The maximum absolute atomic E-state index is 12.2. The minimum absolute atomic E-state index is 0.166. The van der Waals surface area contributed by atoms with Gasteiger partial charge in [0.25, 0.3) is 11.8 Å². The van der Waals surface area contributed by atoms with Crippen molar-refractivity contribution in [2.75, 3.05) is 27.2 Å². The van der Waals surface area contributed by atoms with Gasteiger partial charge in [0.15, 0.2) is 17.5 Å². The van der Waals surface area contributed by atoms with E-state index in [0.29, 0.717) is 24.5 Å². The number of aromatic nitrogens is 2. The highest BCUT2D eigenvalue weighted by Crippen LogP contribution is 2.28. The zero-order valence-electron chi connectivity index (χ0n) is 11.0. The molecule has 2 atom stereocenters.